The van der Waals surface area contributed by atoms with Gasteiger partial charge < -0.3 is 10.0 Å². The second-order valence-corrected chi connectivity index (χ2v) is 7.43. The number of hydrogen-bond donors (Lipinski definition) is 1. The molecular formula is C20H25N3O2. The van der Waals surface area contributed by atoms with Crippen LogP contribution in [0.5, 0.6) is 5.75 Å². The highest BCUT2D eigenvalue weighted by Gasteiger charge is 2.34. The fraction of sp³-hybridized carbons (Fsp3) is 0.450. The van der Waals surface area contributed by atoms with E-state index < -0.39 is 5.41 Å². The minimum absolute atomic E-state index is 0.196. The number of phenols is 1. The second kappa shape index (κ2) is 7.21. The summed E-state index contributed by atoms with van der Waals surface area (Å²) in [5, 5.41) is 9.40. The van der Waals surface area contributed by atoms with Crippen molar-refractivity contribution in [2.45, 2.75) is 39.0 Å². The first-order valence-electron chi connectivity index (χ1n) is 8.79. The highest BCUT2D eigenvalue weighted by Crippen LogP contribution is 2.31. The molecule has 1 aliphatic heterocycles. The Morgan fingerprint density at radius 3 is 2.48 bits per heavy atom. The van der Waals surface area contributed by atoms with Crippen LogP contribution in [-0.2, 0) is 11.2 Å². The molecule has 5 heteroatoms. The van der Waals surface area contributed by atoms with Crippen molar-refractivity contribution >= 4 is 5.91 Å². The molecule has 2 aromatic rings. The van der Waals surface area contributed by atoms with Crippen molar-refractivity contribution in [3.05, 3.63) is 54.1 Å². The molecule has 1 aliphatic rings. The maximum absolute atomic E-state index is 13.0. The van der Waals surface area contributed by atoms with Crippen LogP contribution in [0.25, 0.3) is 0 Å². The molecule has 1 aromatic heterocycles. The average molecular weight is 339 g/mol. The van der Waals surface area contributed by atoms with E-state index in [1.807, 2.05) is 36.9 Å². The number of rotatable bonds is 4. The lowest BCUT2D eigenvalue weighted by Gasteiger charge is -2.37. The Morgan fingerprint density at radius 1 is 1.20 bits per heavy atom. The fourth-order valence-corrected chi connectivity index (χ4v) is 3.55. The number of hydrogen-bond acceptors (Lipinski definition) is 4. The third-order valence-electron chi connectivity index (χ3n) is 4.97. The van der Waals surface area contributed by atoms with Crippen LogP contribution >= 0.6 is 0 Å². The summed E-state index contributed by atoms with van der Waals surface area (Å²) >= 11 is 0. The van der Waals surface area contributed by atoms with Crippen LogP contribution in [0.1, 0.15) is 43.9 Å². The molecule has 2 heterocycles. The maximum atomic E-state index is 13.0. The van der Waals surface area contributed by atoms with Gasteiger partial charge in [-0.25, -0.2) is 9.97 Å². The Morgan fingerprint density at radius 2 is 1.88 bits per heavy atom. The van der Waals surface area contributed by atoms with Gasteiger partial charge in [-0.2, -0.15) is 0 Å². The van der Waals surface area contributed by atoms with Gasteiger partial charge in [0.15, 0.2) is 0 Å². The van der Waals surface area contributed by atoms with Crippen LogP contribution in [0.3, 0.4) is 0 Å². The number of carbonyl (C=O) groups excluding carboxylic acids is 1. The molecule has 1 fully saturated rings. The van der Waals surface area contributed by atoms with Crippen LogP contribution in [0.4, 0.5) is 0 Å². The number of carbonyl (C=O) groups is 1. The molecule has 0 saturated carbocycles. The van der Waals surface area contributed by atoms with Crippen molar-refractivity contribution in [1.82, 2.24) is 14.9 Å². The topological polar surface area (TPSA) is 66.3 Å². The van der Waals surface area contributed by atoms with Gasteiger partial charge in [0.05, 0.1) is 0 Å². The van der Waals surface area contributed by atoms with Crippen molar-refractivity contribution in [2.75, 3.05) is 13.1 Å². The maximum Gasteiger partial charge on any atom is 0.228 e. The minimum atomic E-state index is -0.460. The van der Waals surface area contributed by atoms with Crippen molar-refractivity contribution in [1.29, 1.82) is 0 Å². The van der Waals surface area contributed by atoms with E-state index in [2.05, 4.69) is 9.97 Å². The Labute approximate surface area is 148 Å². The average Bonchev–Trinajstić information content (AvgIpc) is 2.64. The van der Waals surface area contributed by atoms with E-state index in [0.717, 1.165) is 37.2 Å². The summed E-state index contributed by atoms with van der Waals surface area (Å²) in [6.07, 6.45) is 5.92. The zero-order valence-corrected chi connectivity index (χ0v) is 14.9. The summed E-state index contributed by atoms with van der Waals surface area (Å²) in [5.41, 5.74) is 1.68. The van der Waals surface area contributed by atoms with Gasteiger partial charge in [-0.1, -0.05) is 26.0 Å². The van der Waals surface area contributed by atoms with Crippen LogP contribution < -0.4 is 0 Å². The first-order chi connectivity index (χ1) is 12.0. The van der Waals surface area contributed by atoms with Gasteiger partial charge in [-0.3, -0.25) is 4.79 Å². The SMILES string of the molecule is CC(C)(Cc1ccc(O)cc1)C(=O)N1CCC(c2ccncn2)CC1. The summed E-state index contributed by atoms with van der Waals surface area (Å²) in [5.74, 6) is 0.855. The lowest BCUT2D eigenvalue weighted by molar-refractivity contribution is -0.141. The van der Waals surface area contributed by atoms with Crippen LogP contribution in [0.2, 0.25) is 0 Å². The number of amides is 1. The largest absolute Gasteiger partial charge is 0.508 e. The molecule has 0 radical (unpaired) electrons. The number of phenolic OH excluding ortho intramolecular Hbond substituents is 1. The van der Waals surface area contributed by atoms with Gasteiger partial charge in [0.2, 0.25) is 5.91 Å². The molecule has 0 bridgehead atoms. The van der Waals surface area contributed by atoms with E-state index in [1.54, 1.807) is 24.7 Å². The third-order valence-corrected chi connectivity index (χ3v) is 4.97. The molecule has 0 unspecified atom stereocenters. The van der Waals surface area contributed by atoms with Crippen molar-refractivity contribution in [2.24, 2.45) is 5.41 Å². The van der Waals surface area contributed by atoms with E-state index in [1.165, 1.54) is 0 Å². The zero-order chi connectivity index (χ0) is 17.9. The summed E-state index contributed by atoms with van der Waals surface area (Å²) in [4.78, 5) is 23.3. The van der Waals surface area contributed by atoms with Crippen molar-refractivity contribution < 1.29 is 9.90 Å². The summed E-state index contributed by atoms with van der Waals surface area (Å²) in [6.45, 7) is 5.54. The second-order valence-electron chi connectivity index (χ2n) is 7.43. The predicted molar refractivity (Wildman–Crippen MR) is 96.2 cm³/mol. The number of likely N-dealkylation sites (tertiary alicyclic amines) is 1. The number of nitrogens with zero attached hydrogens (tertiary/aromatic N) is 3. The van der Waals surface area contributed by atoms with Gasteiger partial charge in [-0.05, 0) is 43.0 Å². The van der Waals surface area contributed by atoms with Crippen LogP contribution in [0.15, 0.2) is 42.9 Å². The lowest BCUT2D eigenvalue weighted by atomic mass is 9.83. The molecule has 0 spiro atoms. The van der Waals surface area contributed by atoms with Crippen LogP contribution in [0, 0.1) is 5.41 Å². The monoisotopic (exact) mass is 339 g/mol. The molecule has 0 atom stereocenters. The quantitative estimate of drug-likeness (QED) is 0.929. The summed E-state index contributed by atoms with van der Waals surface area (Å²) in [7, 11) is 0. The number of aromatic hydroxyl groups is 1. The summed E-state index contributed by atoms with van der Waals surface area (Å²) in [6, 6.07) is 9.07. The Bertz CT molecular complexity index is 705. The minimum Gasteiger partial charge on any atom is -0.508 e. The van der Waals surface area contributed by atoms with E-state index in [4.69, 9.17) is 0 Å². The first-order valence-corrected chi connectivity index (χ1v) is 8.79. The lowest BCUT2D eigenvalue weighted by Crippen LogP contribution is -2.45. The molecule has 0 aliphatic carbocycles. The Balaban J connectivity index is 1.60. The normalized spacial score (nSPS) is 16.0. The van der Waals surface area contributed by atoms with Crippen LogP contribution in [-0.4, -0.2) is 39.0 Å². The summed E-state index contributed by atoms with van der Waals surface area (Å²) < 4.78 is 0. The molecule has 132 valence electrons. The number of benzene rings is 1. The predicted octanol–water partition coefficient (Wildman–Crippen LogP) is 3.16. The van der Waals surface area contributed by atoms with Gasteiger partial charge in [0, 0.05) is 36.3 Å². The fourth-order valence-electron chi connectivity index (χ4n) is 3.55. The zero-order valence-electron chi connectivity index (χ0n) is 14.9. The number of piperidine rings is 1. The molecule has 25 heavy (non-hydrogen) atoms. The van der Waals surface area contributed by atoms with Gasteiger partial charge in [0.1, 0.15) is 12.1 Å². The van der Waals surface area contributed by atoms with Gasteiger partial charge >= 0.3 is 0 Å². The van der Waals surface area contributed by atoms with Gasteiger partial charge in [-0.15, -0.1) is 0 Å². The van der Waals surface area contributed by atoms with E-state index in [0.29, 0.717) is 12.3 Å². The molecule has 3 rings (SSSR count). The molecule has 1 aromatic carbocycles. The Hall–Kier alpha value is -2.43. The van der Waals surface area contributed by atoms with Crippen molar-refractivity contribution in [3.63, 3.8) is 0 Å². The Kier molecular flexibility index (Phi) is 5.02. The molecule has 1 saturated heterocycles. The van der Waals surface area contributed by atoms with E-state index in [-0.39, 0.29) is 11.7 Å². The molecule has 5 nitrogen and oxygen atoms in total. The molecule has 1 N–H and O–H groups in total. The third kappa shape index (κ3) is 4.16. The standard InChI is InChI=1S/C20H25N3O2/c1-20(2,13-15-3-5-17(24)6-4-15)19(25)23-11-8-16(9-12-23)18-7-10-21-14-22-18/h3-7,10,14,16,24H,8-9,11-13H2,1-2H3. The highest BCUT2D eigenvalue weighted by molar-refractivity contribution is 5.82. The number of aromatic nitrogens is 2. The smallest absolute Gasteiger partial charge is 0.228 e. The first kappa shape index (κ1) is 17.4. The highest BCUT2D eigenvalue weighted by atomic mass is 16.3. The van der Waals surface area contributed by atoms with E-state index in [9.17, 15) is 9.90 Å². The van der Waals surface area contributed by atoms with E-state index >= 15 is 0 Å². The molecule has 1 amide bonds. The van der Waals surface area contributed by atoms with Gasteiger partial charge in [0.25, 0.3) is 0 Å². The van der Waals surface area contributed by atoms with Crippen molar-refractivity contribution in [3.8, 4) is 5.75 Å². The molecular weight excluding hydrogens is 314 g/mol.